The van der Waals surface area contributed by atoms with E-state index in [1.54, 1.807) is 0 Å². The SMILES string of the molecule is CC(C)(C)OC(=O)CCn1cc(C(N)=O)cn1. The number of aryl methyl sites for hydroxylation is 1. The molecule has 0 fully saturated rings. The highest BCUT2D eigenvalue weighted by molar-refractivity contribution is 5.92. The summed E-state index contributed by atoms with van der Waals surface area (Å²) < 4.78 is 6.63. The fourth-order valence-electron chi connectivity index (χ4n) is 1.21. The number of rotatable bonds is 4. The van der Waals surface area contributed by atoms with Gasteiger partial charge in [0, 0.05) is 6.20 Å². The lowest BCUT2D eigenvalue weighted by atomic mass is 10.2. The van der Waals surface area contributed by atoms with Crippen molar-refractivity contribution in [3.63, 3.8) is 0 Å². The lowest BCUT2D eigenvalue weighted by Gasteiger charge is -2.19. The Balaban J connectivity index is 2.45. The smallest absolute Gasteiger partial charge is 0.308 e. The summed E-state index contributed by atoms with van der Waals surface area (Å²) in [5.74, 6) is -0.831. The monoisotopic (exact) mass is 239 g/mol. The third-order valence-electron chi connectivity index (χ3n) is 1.88. The number of esters is 1. The third kappa shape index (κ3) is 4.67. The number of aromatic nitrogens is 2. The van der Waals surface area contributed by atoms with Crippen LogP contribution < -0.4 is 5.73 Å². The summed E-state index contributed by atoms with van der Waals surface area (Å²) in [6.07, 6.45) is 3.08. The van der Waals surface area contributed by atoms with Crippen LogP contribution in [0.3, 0.4) is 0 Å². The Hall–Kier alpha value is -1.85. The zero-order valence-electron chi connectivity index (χ0n) is 10.3. The van der Waals surface area contributed by atoms with Crippen LogP contribution in [0.25, 0.3) is 0 Å². The molecule has 0 aliphatic rings. The molecule has 6 nitrogen and oxygen atoms in total. The number of amides is 1. The van der Waals surface area contributed by atoms with E-state index in [9.17, 15) is 9.59 Å². The van der Waals surface area contributed by atoms with Gasteiger partial charge in [-0.3, -0.25) is 14.3 Å². The molecule has 17 heavy (non-hydrogen) atoms. The van der Waals surface area contributed by atoms with Gasteiger partial charge in [0.1, 0.15) is 5.60 Å². The van der Waals surface area contributed by atoms with E-state index >= 15 is 0 Å². The first-order valence-electron chi connectivity index (χ1n) is 5.32. The largest absolute Gasteiger partial charge is 0.460 e. The lowest BCUT2D eigenvalue weighted by molar-refractivity contribution is -0.155. The van der Waals surface area contributed by atoms with Crippen LogP contribution in [0.15, 0.2) is 12.4 Å². The predicted molar refractivity (Wildman–Crippen MR) is 61.2 cm³/mol. The number of primary amides is 1. The maximum absolute atomic E-state index is 11.4. The molecule has 1 rings (SSSR count). The molecule has 0 aliphatic heterocycles. The average Bonchev–Trinajstić information content (AvgIpc) is 2.60. The zero-order chi connectivity index (χ0) is 13.1. The van der Waals surface area contributed by atoms with Crippen LogP contribution in [-0.2, 0) is 16.1 Å². The average molecular weight is 239 g/mol. The number of carbonyl (C=O) groups is 2. The minimum absolute atomic E-state index is 0.206. The first kappa shape index (κ1) is 13.2. The molecule has 0 unspecified atom stereocenters. The number of hydrogen-bond donors (Lipinski definition) is 1. The Morgan fingerprint density at radius 2 is 2.12 bits per heavy atom. The predicted octanol–water partition coefficient (Wildman–Crippen LogP) is 0.714. The van der Waals surface area contributed by atoms with Crippen molar-refractivity contribution in [1.82, 2.24) is 9.78 Å². The summed E-state index contributed by atoms with van der Waals surface area (Å²) in [6, 6.07) is 0. The van der Waals surface area contributed by atoms with Crippen LogP contribution in [0, 0.1) is 0 Å². The molecule has 0 radical (unpaired) electrons. The van der Waals surface area contributed by atoms with Crippen LogP contribution >= 0.6 is 0 Å². The molecule has 1 aromatic heterocycles. The summed E-state index contributed by atoms with van der Waals surface area (Å²) in [5, 5.41) is 3.91. The van der Waals surface area contributed by atoms with E-state index in [-0.39, 0.29) is 12.4 Å². The molecule has 0 spiro atoms. The van der Waals surface area contributed by atoms with Crippen LogP contribution in [0.4, 0.5) is 0 Å². The fourth-order valence-corrected chi connectivity index (χ4v) is 1.21. The summed E-state index contributed by atoms with van der Waals surface area (Å²) in [5.41, 5.74) is 4.92. The van der Waals surface area contributed by atoms with Gasteiger partial charge in [-0.1, -0.05) is 0 Å². The molecule has 0 atom stereocenters. The maximum Gasteiger partial charge on any atom is 0.308 e. The molecule has 1 amide bonds. The number of nitrogens with two attached hydrogens (primary N) is 1. The van der Waals surface area contributed by atoms with Crippen molar-refractivity contribution in [3.05, 3.63) is 18.0 Å². The van der Waals surface area contributed by atoms with E-state index in [2.05, 4.69) is 5.10 Å². The van der Waals surface area contributed by atoms with Crippen molar-refractivity contribution in [2.75, 3.05) is 0 Å². The third-order valence-corrected chi connectivity index (χ3v) is 1.88. The van der Waals surface area contributed by atoms with Crippen molar-refractivity contribution in [3.8, 4) is 0 Å². The zero-order valence-corrected chi connectivity index (χ0v) is 10.3. The molecule has 0 aromatic carbocycles. The highest BCUT2D eigenvalue weighted by Gasteiger charge is 2.16. The standard InChI is InChI=1S/C11H17N3O3/c1-11(2,3)17-9(15)4-5-14-7-8(6-13-14)10(12)16/h6-7H,4-5H2,1-3H3,(H2,12,16). The molecule has 94 valence electrons. The molecular formula is C11H17N3O3. The van der Waals surface area contributed by atoms with Gasteiger partial charge in [-0.2, -0.15) is 5.10 Å². The molecule has 6 heteroatoms. The highest BCUT2D eigenvalue weighted by atomic mass is 16.6. The molecule has 1 heterocycles. The van der Waals surface area contributed by atoms with E-state index in [0.717, 1.165) is 0 Å². The van der Waals surface area contributed by atoms with Gasteiger partial charge >= 0.3 is 5.97 Å². The number of nitrogens with zero attached hydrogens (tertiary/aromatic N) is 2. The second kappa shape index (κ2) is 4.99. The van der Waals surface area contributed by atoms with Crippen molar-refractivity contribution in [2.24, 2.45) is 5.73 Å². The molecular weight excluding hydrogens is 222 g/mol. The highest BCUT2D eigenvalue weighted by Crippen LogP contribution is 2.08. The lowest BCUT2D eigenvalue weighted by Crippen LogP contribution is -2.24. The summed E-state index contributed by atoms with van der Waals surface area (Å²) >= 11 is 0. The second-order valence-electron chi connectivity index (χ2n) is 4.69. The topological polar surface area (TPSA) is 87.2 Å². The first-order chi connectivity index (χ1) is 7.78. The van der Waals surface area contributed by atoms with Gasteiger partial charge in [-0.15, -0.1) is 0 Å². The van der Waals surface area contributed by atoms with Crippen molar-refractivity contribution in [1.29, 1.82) is 0 Å². The molecule has 2 N–H and O–H groups in total. The summed E-state index contributed by atoms with van der Waals surface area (Å²) in [6.45, 7) is 5.79. The normalized spacial score (nSPS) is 11.2. The molecule has 0 aliphatic carbocycles. The van der Waals surface area contributed by atoms with Gasteiger partial charge in [0.15, 0.2) is 0 Å². The fraction of sp³-hybridized carbons (Fsp3) is 0.545. The van der Waals surface area contributed by atoms with E-state index in [1.807, 2.05) is 20.8 Å². The summed E-state index contributed by atoms with van der Waals surface area (Å²) in [7, 11) is 0. The number of hydrogen-bond acceptors (Lipinski definition) is 4. The molecule has 0 saturated carbocycles. The van der Waals surface area contributed by atoms with Gasteiger partial charge in [-0.05, 0) is 20.8 Å². The minimum Gasteiger partial charge on any atom is -0.460 e. The second-order valence-corrected chi connectivity index (χ2v) is 4.69. The minimum atomic E-state index is -0.534. The Kier molecular flexibility index (Phi) is 3.88. The molecule has 1 aromatic rings. The first-order valence-corrected chi connectivity index (χ1v) is 5.32. The van der Waals surface area contributed by atoms with Crippen LogP contribution in [-0.4, -0.2) is 27.3 Å². The van der Waals surface area contributed by atoms with Gasteiger partial charge in [0.2, 0.25) is 0 Å². The van der Waals surface area contributed by atoms with Crippen LogP contribution in [0.5, 0.6) is 0 Å². The maximum atomic E-state index is 11.4. The van der Waals surface area contributed by atoms with Gasteiger partial charge in [0.05, 0.1) is 24.7 Å². The quantitative estimate of drug-likeness (QED) is 0.784. The summed E-state index contributed by atoms with van der Waals surface area (Å²) in [4.78, 5) is 22.2. The number of carbonyl (C=O) groups excluding carboxylic acids is 2. The van der Waals surface area contributed by atoms with Crippen LogP contribution in [0.2, 0.25) is 0 Å². The van der Waals surface area contributed by atoms with E-state index < -0.39 is 11.5 Å². The van der Waals surface area contributed by atoms with Gasteiger partial charge in [-0.25, -0.2) is 0 Å². The van der Waals surface area contributed by atoms with Crippen molar-refractivity contribution < 1.29 is 14.3 Å². The van der Waals surface area contributed by atoms with Gasteiger partial charge < -0.3 is 10.5 Å². The van der Waals surface area contributed by atoms with Crippen molar-refractivity contribution in [2.45, 2.75) is 39.3 Å². The van der Waals surface area contributed by atoms with E-state index in [4.69, 9.17) is 10.5 Å². The molecule has 0 saturated heterocycles. The Labute approximate surface area is 99.7 Å². The molecule has 0 bridgehead atoms. The van der Waals surface area contributed by atoms with Crippen LogP contribution in [0.1, 0.15) is 37.6 Å². The number of ether oxygens (including phenoxy) is 1. The van der Waals surface area contributed by atoms with E-state index in [1.165, 1.54) is 17.1 Å². The Morgan fingerprint density at radius 1 is 1.47 bits per heavy atom. The Bertz CT molecular complexity index is 418. The van der Waals surface area contributed by atoms with Crippen molar-refractivity contribution >= 4 is 11.9 Å². The van der Waals surface area contributed by atoms with E-state index in [0.29, 0.717) is 12.1 Å². The Morgan fingerprint density at radius 3 is 2.59 bits per heavy atom. The van der Waals surface area contributed by atoms with Gasteiger partial charge in [0.25, 0.3) is 5.91 Å².